The van der Waals surface area contributed by atoms with Gasteiger partial charge in [-0.15, -0.1) is 11.3 Å². The van der Waals surface area contributed by atoms with Crippen molar-refractivity contribution in [2.75, 3.05) is 0 Å². The van der Waals surface area contributed by atoms with E-state index in [9.17, 15) is 5.11 Å². The van der Waals surface area contributed by atoms with E-state index >= 15 is 0 Å². The molecule has 0 radical (unpaired) electrons. The lowest BCUT2D eigenvalue weighted by molar-refractivity contribution is 0.135. The van der Waals surface area contributed by atoms with E-state index in [4.69, 9.17) is 0 Å². The molecule has 0 fully saturated rings. The Morgan fingerprint density at radius 1 is 1.37 bits per heavy atom. The number of hydrogen-bond acceptors (Lipinski definition) is 4. The molecule has 5 heteroatoms. The van der Waals surface area contributed by atoms with Gasteiger partial charge in [0, 0.05) is 28.1 Å². The quantitative estimate of drug-likeness (QED) is 0.876. The van der Waals surface area contributed by atoms with E-state index in [-0.39, 0.29) is 6.04 Å². The van der Waals surface area contributed by atoms with E-state index in [1.165, 1.54) is 0 Å². The van der Waals surface area contributed by atoms with Gasteiger partial charge in [0.05, 0.1) is 6.10 Å². The Bertz CT molecular complexity index is 526. The van der Waals surface area contributed by atoms with Crippen molar-refractivity contribution in [3.63, 3.8) is 0 Å². The Kier molecular flexibility index (Phi) is 5.10. The maximum absolute atomic E-state index is 10.3. The van der Waals surface area contributed by atoms with Crippen molar-refractivity contribution in [1.29, 1.82) is 0 Å². The molecule has 2 N–H and O–H groups in total. The van der Waals surface area contributed by atoms with Gasteiger partial charge in [-0.25, -0.2) is 4.98 Å². The topological polar surface area (TPSA) is 45.1 Å². The van der Waals surface area contributed by atoms with Crippen LogP contribution in [0.25, 0.3) is 0 Å². The van der Waals surface area contributed by atoms with Gasteiger partial charge in [0.1, 0.15) is 5.01 Å². The number of aliphatic hydroxyl groups is 1. The minimum atomic E-state index is -0.519. The molecule has 102 valence electrons. The predicted octanol–water partition coefficient (Wildman–Crippen LogP) is 3.43. The Morgan fingerprint density at radius 2 is 2.05 bits per heavy atom. The zero-order valence-electron chi connectivity index (χ0n) is 10.9. The van der Waals surface area contributed by atoms with Crippen LogP contribution in [-0.2, 0) is 6.54 Å². The molecule has 0 aliphatic carbocycles. The number of aliphatic hydroxyl groups excluding tert-OH is 1. The summed E-state index contributed by atoms with van der Waals surface area (Å²) in [6.07, 6.45) is -0.519. The van der Waals surface area contributed by atoms with E-state index in [1.54, 1.807) is 11.3 Å². The van der Waals surface area contributed by atoms with E-state index in [0.29, 0.717) is 6.54 Å². The number of aryl methyl sites for hydroxylation is 1. The monoisotopic (exact) mass is 340 g/mol. The number of nitrogens with one attached hydrogen (secondary N) is 1. The van der Waals surface area contributed by atoms with Crippen molar-refractivity contribution in [3.05, 3.63) is 50.4 Å². The van der Waals surface area contributed by atoms with Crippen LogP contribution in [0.1, 0.15) is 29.3 Å². The van der Waals surface area contributed by atoms with Crippen LogP contribution in [-0.4, -0.2) is 16.1 Å². The smallest absolute Gasteiger partial charge is 0.107 e. The van der Waals surface area contributed by atoms with Crippen molar-refractivity contribution < 1.29 is 5.11 Å². The Labute approximate surface area is 125 Å². The molecule has 0 bridgehead atoms. The first-order valence-electron chi connectivity index (χ1n) is 6.14. The molecule has 0 saturated carbocycles. The molecular formula is C14H17BrN2OS. The molecule has 0 saturated heterocycles. The fraction of sp³-hybridized carbons (Fsp3) is 0.357. The minimum Gasteiger partial charge on any atom is -0.387 e. The molecule has 2 atom stereocenters. The van der Waals surface area contributed by atoms with Crippen LogP contribution in [0.5, 0.6) is 0 Å². The molecule has 3 nitrogen and oxygen atoms in total. The van der Waals surface area contributed by atoms with Crippen molar-refractivity contribution in [3.8, 4) is 0 Å². The maximum atomic E-state index is 10.3. The number of nitrogens with zero attached hydrogens (tertiary/aromatic N) is 1. The normalized spacial score (nSPS) is 14.3. The molecule has 0 spiro atoms. The van der Waals surface area contributed by atoms with E-state index < -0.39 is 6.10 Å². The summed E-state index contributed by atoms with van der Waals surface area (Å²) >= 11 is 5.03. The van der Waals surface area contributed by atoms with Gasteiger partial charge in [-0.3, -0.25) is 0 Å². The molecule has 1 aromatic heterocycles. The molecule has 2 aromatic rings. The second-order valence-electron chi connectivity index (χ2n) is 4.55. The first-order valence-corrected chi connectivity index (χ1v) is 7.81. The van der Waals surface area contributed by atoms with Crippen molar-refractivity contribution in [2.45, 2.75) is 32.5 Å². The summed E-state index contributed by atoms with van der Waals surface area (Å²) in [5.41, 5.74) is 1.96. The minimum absolute atomic E-state index is 0.0228. The highest BCUT2D eigenvalue weighted by molar-refractivity contribution is 9.10. The van der Waals surface area contributed by atoms with Crippen LogP contribution in [0.2, 0.25) is 0 Å². The number of thiazole rings is 1. The van der Waals surface area contributed by atoms with Gasteiger partial charge in [-0.05, 0) is 31.5 Å². The molecule has 0 amide bonds. The zero-order chi connectivity index (χ0) is 13.8. The second-order valence-corrected chi connectivity index (χ2v) is 6.41. The number of hydrogen-bond donors (Lipinski definition) is 2. The zero-order valence-corrected chi connectivity index (χ0v) is 13.3. The lowest BCUT2D eigenvalue weighted by Gasteiger charge is -2.20. The number of halogens is 1. The van der Waals surface area contributed by atoms with Crippen LogP contribution >= 0.6 is 27.3 Å². The number of aromatic nitrogens is 1. The van der Waals surface area contributed by atoms with Crippen LogP contribution in [0.3, 0.4) is 0 Å². The van der Waals surface area contributed by atoms with Gasteiger partial charge in [-0.2, -0.15) is 0 Å². The summed E-state index contributed by atoms with van der Waals surface area (Å²) in [6.45, 7) is 4.65. The van der Waals surface area contributed by atoms with Crippen LogP contribution < -0.4 is 5.32 Å². The summed E-state index contributed by atoms with van der Waals surface area (Å²) in [5, 5.41) is 16.7. The van der Waals surface area contributed by atoms with Crippen LogP contribution in [0, 0.1) is 6.92 Å². The highest BCUT2D eigenvalue weighted by Crippen LogP contribution is 2.20. The fourth-order valence-corrected chi connectivity index (χ4v) is 2.78. The maximum Gasteiger partial charge on any atom is 0.107 e. The van der Waals surface area contributed by atoms with Gasteiger partial charge in [0.2, 0.25) is 0 Å². The summed E-state index contributed by atoms with van der Waals surface area (Å²) in [7, 11) is 0. The molecule has 2 unspecified atom stereocenters. The summed E-state index contributed by atoms with van der Waals surface area (Å²) < 4.78 is 1.02. The van der Waals surface area contributed by atoms with Gasteiger partial charge < -0.3 is 10.4 Å². The first-order chi connectivity index (χ1) is 9.06. The van der Waals surface area contributed by atoms with Gasteiger partial charge in [0.25, 0.3) is 0 Å². The molecule has 1 aromatic carbocycles. The average Bonchev–Trinajstić information content (AvgIpc) is 2.82. The highest BCUT2D eigenvalue weighted by atomic mass is 79.9. The standard InChI is InChI=1S/C14H17BrN2OS/c1-9-8-19-13(17-9)7-16-10(2)14(18)11-3-5-12(15)6-4-11/h3-6,8,10,14,16,18H,7H2,1-2H3. The fourth-order valence-electron chi connectivity index (χ4n) is 1.79. The molecule has 0 aliphatic rings. The van der Waals surface area contributed by atoms with Gasteiger partial charge >= 0.3 is 0 Å². The van der Waals surface area contributed by atoms with Gasteiger partial charge in [0.15, 0.2) is 0 Å². The Hall–Kier alpha value is -0.750. The van der Waals surface area contributed by atoms with E-state index in [1.807, 2.05) is 43.5 Å². The van der Waals surface area contributed by atoms with Gasteiger partial charge in [-0.1, -0.05) is 28.1 Å². The van der Waals surface area contributed by atoms with E-state index in [2.05, 4.69) is 26.2 Å². The summed E-state index contributed by atoms with van der Waals surface area (Å²) in [6, 6.07) is 7.72. The molecule has 1 heterocycles. The average molecular weight is 341 g/mol. The lowest BCUT2D eigenvalue weighted by atomic mass is 10.0. The SMILES string of the molecule is Cc1csc(CNC(C)C(O)c2ccc(Br)cc2)n1. The molecular weight excluding hydrogens is 324 g/mol. The van der Waals surface area contributed by atoms with E-state index in [0.717, 1.165) is 20.7 Å². The summed E-state index contributed by atoms with van der Waals surface area (Å²) in [4.78, 5) is 4.39. The van der Waals surface area contributed by atoms with Crippen LogP contribution in [0.15, 0.2) is 34.1 Å². The van der Waals surface area contributed by atoms with Crippen molar-refractivity contribution in [2.24, 2.45) is 0 Å². The van der Waals surface area contributed by atoms with Crippen LogP contribution in [0.4, 0.5) is 0 Å². The third-order valence-corrected chi connectivity index (χ3v) is 4.42. The number of benzene rings is 1. The summed E-state index contributed by atoms with van der Waals surface area (Å²) in [5.74, 6) is 0. The third-order valence-electron chi connectivity index (χ3n) is 2.93. The largest absolute Gasteiger partial charge is 0.387 e. The lowest BCUT2D eigenvalue weighted by Crippen LogP contribution is -2.31. The molecule has 2 rings (SSSR count). The third kappa shape index (κ3) is 4.11. The molecule has 0 aliphatic heterocycles. The number of rotatable bonds is 5. The second kappa shape index (κ2) is 6.61. The predicted molar refractivity (Wildman–Crippen MR) is 82.3 cm³/mol. The highest BCUT2D eigenvalue weighted by Gasteiger charge is 2.16. The Balaban J connectivity index is 1.92. The van der Waals surface area contributed by atoms with Crippen molar-refractivity contribution >= 4 is 27.3 Å². The first kappa shape index (κ1) is 14.7. The Morgan fingerprint density at radius 3 is 2.63 bits per heavy atom. The molecule has 19 heavy (non-hydrogen) atoms. The van der Waals surface area contributed by atoms with Crippen molar-refractivity contribution in [1.82, 2.24) is 10.3 Å².